The number of methoxy groups -OCH3 is 1. The minimum absolute atomic E-state index is 0.0780. The van der Waals surface area contributed by atoms with Gasteiger partial charge in [0, 0.05) is 26.3 Å². The van der Waals surface area contributed by atoms with Crippen LogP contribution in [0.25, 0.3) is 0 Å². The van der Waals surface area contributed by atoms with Gasteiger partial charge in [0.15, 0.2) is 0 Å². The van der Waals surface area contributed by atoms with E-state index in [0.717, 1.165) is 12.8 Å². The lowest BCUT2D eigenvalue weighted by Crippen LogP contribution is -2.08. The van der Waals surface area contributed by atoms with Gasteiger partial charge in [-0.2, -0.15) is 0 Å². The Labute approximate surface area is 122 Å². The summed E-state index contributed by atoms with van der Waals surface area (Å²) in [6.07, 6.45) is 1.67. The maximum Gasteiger partial charge on any atom is 0.311 e. The summed E-state index contributed by atoms with van der Waals surface area (Å²) in [5.41, 5.74) is -0.0780. The smallest absolute Gasteiger partial charge is 0.311 e. The van der Waals surface area contributed by atoms with E-state index < -0.39 is 4.92 Å². The van der Waals surface area contributed by atoms with Gasteiger partial charge in [0.25, 0.3) is 0 Å². The van der Waals surface area contributed by atoms with Crippen molar-refractivity contribution in [1.29, 1.82) is 0 Å². The summed E-state index contributed by atoms with van der Waals surface area (Å²) < 4.78 is 10.2. The maximum absolute atomic E-state index is 10.8. The first-order valence-electron chi connectivity index (χ1n) is 6.26. The minimum Gasteiger partial charge on any atom is -0.382 e. The van der Waals surface area contributed by atoms with Crippen molar-refractivity contribution in [2.75, 3.05) is 38.8 Å². The van der Waals surface area contributed by atoms with E-state index >= 15 is 0 Å². The Balaban J connectivity index is 2.28. The molecule has 0 atom stereocenters. The van der Waals surface area contributed by atoms with E-state index in [1.54, 1.807) is 7.11 Å². The molecule has 0 fully saturated rings. The van der Waals surface area contributed by atoms with Gasteiger partial charge in [0.1, 0.15) is 5.15 Å². The van der Waals surface area contributed by atoms with E-state index in [9.17, 15) is 10.1 Å². The van der Waals surface area contributed by atoms with Crippen LogP contribution in [0.15, 0.2) is 12.1 Å². The number of rotatable bonds is 10. The third-order valence-electron chi connectivity index (χ3n) is 2.48. The van der Waals surface area contributed by atoms with E-state index in [2.05, 4.69) is 10.3 Å². The summed E-state index contributed by atoms with van der Waals surface area (Å²) in [6, 6.07) is 2.74. The highest BCUT2D eigenvalue weighted by Gasteiger charge is 2.14. The molecule has 0 spiro atoms. The number of halogens is 1. The maximum atomic E-state index is 10.8. The van der Waals surface area contributed by atoms with Gasteiger partial charge in [-0.05, 0) is 18.9 Å². The lowest BCUT2D eigenvalue weighted by Gasteiger charge is -2.07. The number of ether oxygens (including phenoxy) is 2. The quantitative estimate of drug-likeness (QED) is 0.309. The SMILES string of the molecule is COCCOCCCCNc1nc(Cl)ccc1[N+](=O)[O-]. The fourth-order valence-corrected chi connectivity index (χ4v) is 1.63. The van der Waals surface area contributed by atoms with E-state index in [1.807, 2.05) is 0 Å². The fraction of sp³-hybridized carbons (Fsp3) is 0.583. The van der Waals surface area contributed by atoms with Gasteiger partial charge < -0.3 is 14.8 Å². The first-order valence-corrected chi connectivity index (χ1v) is 6.64. The molecule has 0 bridgehead atoms. The van der Waals surface area contributed by atoms with Crippen LogP contribution in [0, 0.1) is 10.1 Å². The molecule has 0 aliphatic carbocycles. The normalized spacial score (nSPS) is 10.5. The molecule has 1 heterocycles. The summed E-state index contributed by atoms with van der Waals surface area (Å²) >= 11 is 5.73. The Hall–Kier alpha value is -1.44. The van der Waals surface area contributed by atoms with Crippen molar-refractivity contribution in [3.63, 3.8) is 0 Å². The molecule has 1 aromatic heterocycles. The fourth-order valence-electron chi connectivity index (χ4n) is 1.49. The lowest BCUT2D eigenvalue weighted by molar-refractivity contribution is -0.384. The highest BCUT2D eigenvalue weighted by Crippen LogP contribution is 2.23. The highest BCUT2D eigenvalue weighted by atomic mass is 35.5. The third kappa shape index (κ3) is 6.14. The number of nitrogens with zero attached hydrogens (tertiary/aromatic N) is 2. The van der Waals surface area contributed by atoms with E-state index in [-0.39, 0.29) is 16.7 Å². The van der Waals surface area contributed by atoms with Gasteiger partial charge in [-0.15, -0.1) is 0 Å². The molecule has 0 amide bonds. The molecule has 0 unspecified atom stereocenters. The van der Waals surface area contributed by atoms with Crippen LogP contribution in [0.2, 0.25) is 5.15 Å². The molecular weight excluding hydrogens is 286 g/mol. The van der Waals surface area contributed by atoms with Crippen molar-refractivity contribution in [2.45, 2.75) is 12.8 Å². The predicted molar refractivity (Wildman–Crippen MR) is 76.3 cm³/mol. The first-order chi connectivity index (χ1) is 9.65. The van der Waals surface area contributed by atoms with Crippen LogP contribution in [0.5, 0.6) is 0 Å². The number of pyridine rings is 1. The number of hydrogen-bond acceptors (Lipinski definition) is 6. The molecule has 20 heavy (non-hydrogen) atoms. The van der Waals surface area contributed by atoms with Gasteiger partial charge in [-0.1, -0.05) is 11.6 Å². The Bertz CT molecular complexity index is 431. The number of unbranched alkanes of at least 4 members (excludes halogenated alkanes) is 1. The average molecular weight is 304 g/mol. The van der Waals surface area contributed by atoms with Crippen LogP contribution in [0.4, 0.5) is 11.5 Å². The van der Waals surface area contributed by atoms with Crippen LogP contribution >= 0.6 is 11.6 Å². The summed E-state index contributed by atoms with van der Waals surface area (Å²) in [5.74, 6) is 0.197. The van der Waals surface area contributed by atoms with Crippen LogP contribution in [0.1, 0.15) is 12.8 Å². The molecule has 0 aromatic carbocycles. The number of nitrogens with one attached hydrogen (secondary N) is 1. The van der Waals surface area contributed by atoms with Crippen molar-refractivity contribution in [1.82, 2.24) is 4.98 Å². The Kier molecular flexibility index (Phi) is 7.86. The Morgan fingerprint density at radius 1 is 1.35 bits per heavy atom. The number of hydrogen-bond donors (Lipinski definition) is 1. The van der Waals surface area contributed by atoms with Crippen molar-refractivity contribution >= 4 is 23.1 Å². The monoisotopic (exact) mass is 303 g/mol. The number of anilines is 1. The highest BCUT2D eigenvalue weighted by molar-refractivity contribution is 6.29. The third-order valence-corrected chi connectivity index (χ3v) is 2.69. The summed E-state index contributed by atoms with van der Waals surface area (Å²) in [7, 11) is 1.62. The molecular formula is C12H18ClN3O4. The molecule has 0 aliphatic heterocycles. The van der Waals surface area contributed by atoms with Crippen molar-refractivity contribution in [3.05, 3.63) is 27.4 Å². The molecule has 7 nitrogen and oxygen atoms in total. The van der Waals surface area contributed by atoms with Crippen LogP contribution < -0.4 is 5.32 Å². The van der Waals surface area contributed by atoms with Gasteiger partial charge in [0.05, 0.1) is 18.1 Å². The first kappa shape index (κ1) is 16.6. The Morgan fingerprint density at radius 2 is 2.15 bits per heavy atom. The molecule has 1 aromatic rings. The topological polar surface area (TPSA) is 86.5 Å². The second kappa shape index (κ2) is 9.46. The van der Waals surface area contributed by atoms with Crippen molar-refractivity contribution < 1.29 is 14.4 Å². The van der Waals surface area contributed by atoms with Crippen LogP contribution in [0.3, 0.4) is 0 Å². The second-order valence-electron chi connectivity index (χ2n) is 4.00. The van der Waals surface area contributed by atoms with Crippen LogP contribution in [-0.2, 0) is 9.47 Å². The van der Waals surface area contributed by atoms with E-state index in [4.69, 9.17) is 21.1 Å². The van der Waals surface area contributed by atoms with Gasteiger partial charge in [-0.25, -0.2) is 4.98 Å². The second-order valence-corrected chi connectivity index (χ2v) is 4.39. The number of aromatic nitrogens is 1. The molecule has 8 heteroatoms. The standard InChI is InChI=1S/C12H18ClN3O4/c1-19-8-9-20-7-3-2-6-14-12-10(16(17)18)4-5-11(13)15-12/h4-5H,2-3,6-9H2,1H3,(H,14,15). The summed E-state index contributed by atoms with van der Waals surface area (Å²) in [5, 5.41) is 14.0. The van der Waals surface area contributed by atoms with E-state index in [1.165, 1.54) is 12.1 Å². The van der Waals surface area contributed by atoms with Gasteiger partial charge in [0.2, 0.25) is 5.82 Å². The number of nitro groups is 1. The zero-order valence-electron chi connectivity index (χ0n) is 11.3. The molecule has 0 aliphatic rings. The molecule has 0 saturated heterocycles. The Morgan fingerprint density at radius 3 is 2.85 bits per heavy atom. The average Bonchev–Trinajstić information content (AvgIpc) is 2.41. The van der Waals surface area contributed by atoms with Gasteiger partial charge >= 0.3 is 5.69 Å². The van der Waals surface area contributed by atoms with Crippen LogP contribution in [-0.4, -0.2) is 43.4 Å². The minimum atomic E-state index is -0.487. The summed E-state index contributed by atoms with van der Waals surface area (Å²) in [6.45, 7) is 2.36. The molecule has 0 saturated carbocycles. The van der Waals surface area contributed by atoms with E-state index in [0.29, 0.717) is 26.4 Å². The zero-order valence-corrected chi connectivity index (χ0v) is 12.1. The lowest BCUT2D eigenvalue weighted by atomic mass is 10.3. The molecule has 0 radical (unpaired) electrons. The van der Waals surface area contributed by atoms with Crippen molar-refractivity contribution in [3.8, 4) is 0 Å². The summed E-state index contributed by atoms with van der Waals surface area (Å²) in [4.78, 5) is 14.3. The van der Waals surface area contributed by atoms with Crippen molar-refractivity contribution in [2.24, 2.45) is 0 Å². The zero-order chi connectivity index (χ0) is 14.8. The largest absolute Gasteiger partial charge is 0.382 e. The molecule has 1 rings (SSSR count). The predicted octanol–water partition coefficient (Wildman–Crippen LogP) is 2.50. The molecule has 1 N–H and O–H groups in total. The molecule has 112 valence electrons. The van der Waals surface area contributed by atoms with Gasteiger partial charge in [-0.3, -0.25) is 10.1 Å².